The highest BCUT2D eigenvalue weighted by molar-refractivity contribution is 5.50. The third kappa shape index (κ3) is 3.91. The minimum atomic E-state index is 0.0941. The standard InChI is InChI=1S/C19H29N7O/c1-24(2)11-15-9-16(27-3)12-25(15)18-10-17(21-14-22-18)20-13-19(5-6-19)26-8-4-7-23-26/h4,7-8,10,14-16H,5-6,9,11-13H2,1-3H3,(H,20,21,22)/t15-,16-/m0/s1. The predicted octanol–water partition coefficient (Wildman–Crippen LogP) is 1.43. The number of nitrogens with one attached hydrogen (secondary N) is 1. The van der Waals surface area contributed by atoms with Crippen LogP contribution in [0.25, 0.3) is 0 Å². The fourth-order valence-electron chi connectivity index (χ4n) is 3.96. The summed E-state index contributed by atoms with van der Waals surface area (Å²) in [5.41, 5.74) is 0.0941. The lowest BCUT2D eigenvalue weighted by Gasteiger charge is -2.28. The van der Waals surface area contributed by atoms with Crippen LogP contribution in [0.4, 0.5) is 11.6 Å². The number of anilines is 2. The van der Waals surface area contributed by atoms with Crippen LogP contribution >= 0.6 is 0 Å². The summed E-state index contributed by atoms with van der Waals surface area (Å²) in [6.45, 7) is 2.67. The van der Waals surface area contributed by atoms with Crippen LogP contribution in [-0.2, 0) is 10.3 Å². The number of aromatic nitrogens is 4. The zero-order valence-electron chi connectivity index (χ0n) is 16.4. The molecular weight excluding hydrogens is 342 g/mol. The van der Waals surface area contributed by atoms with E-state index in [0.717, 1.165) is 50.5 Å². The van der Waals surface area contributed by atoms with Gasteiger partial charge in [0.15, 0.2) is 0 Å². The van der Waals surface area contributed by atoms with E-state index in [0.29, 0.717) is 6.04 Å². The van der Waals surface area contributed by atoms with Gasteiger partial charge in [-0.1, -0.05) is 0 Å². The Morgan fingerprint density at radius 1 is 1.33 bits per heavy atom. The molecule has 0 bridgehead atoms. The first-order valence-electron chi connectivity index (χ1n) is 9.60. The van der Waals surface area contributed by atoms with Gasteiger partial charge >= 0.3 is 0 Å². The Morgan fingerprint density at radius 2 is 2.19 bits per heavy atom. The average Bonchev–Trinajstić information content (AvgIpc) is 3.07. The van der Waals surface area contributed by atoms with Gasteiger partial charge in [0.1, 0.15) is 18.0 Å². The van der Waals surface area contributed by atoms with Crippen molar-refractivity contribution in [2.24, 2.45) is 0 Å². The number of nitrogens with zero attached hydrogens (tertiary/aromatic N) is 6. The van der Waals surface area contributed by atoms with E-state index in [9.17, 15) is 0 Å². The number of ether oxygens (including phenoxy) is 1. The quantitative estimate of drug-likeness (QED) is 0.753. The second-order valence-electron chi connectivity index (χ2n) is 7.95. The molecule has 8 nitrogen and oxygen atoms in total. The molecule has 0 unspecified atom stereocenters. The Balaban J connectivity index is 1.45. The van der Waals surface area contributed by atoms with Gasteiger partial charge in [-0.3, -0.25) is 4.68 Å². The van der Waals surface area contributed by atoms with Crippen LogP contribution in [0.5, 0.6) is 0 Å². The van der Waals surface area contributed by atoms with Gasteiger partial charge in [-0.05, 0) is 39.4 Å². The van der Waals surface area contributed by atoms with Gasteiger partial charge in [0, 0.05) is 51.2 Å². The molecule has 0 amide bonds. The van der Waals surface area contributed by atoms with E-state index in [1.807, 2.05) is 18.5 Å². The molecule has 1 aliphatic heterocycles. The lowest BCUT2D eigenvalue weighted by Crippen LogP contribution is -2.38. The summed E-state index contributed by atoms with van der Waals surface area (Å²) < 4.78 is 7.69. The second kappa shape index (κ2) is 7.44. The zero-order chi connectivity index (χ0) is 18.9. The first-order valence-corrected chi connectivity index (χ1v) is 9.60. The molecule has 2 atom stereocenters. The van der Waals surface area contributed by atoms with Gasteiger partial charge in [0.25, 0.3) is 0 Å². The molecule has 27 heavy (non-hydrogen) atoms. The number of rotatable bonds is 8. The van der Waals surface area contributed by atoms with Crippen molar-refractivity contribution in [3.8, 4) is 0 Å². The van der Waals surface area contributed by atoms with Crippen LogP contribution in [0.1, 0.15) is 19.3 Å². The SMILES string of the molecule is CO[C@H]1C[C@@H](CN(C)C)N(c2cc(NCC3(n4cccn4)CC3)ncn2)C1. The molecule has 146 valence electrons. The van der Waals surface area contributed by atoms with Crippen molar-refractivity contribution in [2.45, 2.75) is 36.9 Å². The van der Waals surface area contributed by atoms with Gasteiger partial charge in [0.05, 0.1) is 11.6 Å². The number of likely N-dealkylation sites (N-methyl/N-ethyl adjacent to an activating group) is 1. The van der Waals surface area contributed by atoms with Gasteiger partial charge in [-0.25, -0.2) is 9.97 Å². The zero-order valence-corrected chi connectivity index (χ0v) is 16.4. The highest BCUT2D eigenvalue weighted by atomic mass is 16.5. The molecule has 0 aromatic carbocycles. The maximum absolute atomic E-state index is 5.62. The third-order valence-corrected chi connectivity index (χ3v) is 5.65. The summed E-state index contributed by atoms with van der Waals surface area (Å²) >= 11 is 0. The molecule has 2 fully saturated rings. The summed E-state index contributed by atoms with van der Waals surface area (Å²) in [5.74, 6) is 1.82. The van der Waals surface area contributed by atoms with Crippen molar-refractivity contribution in [3.05, 3.63) is 30.9 Å². The molecule has 2 aliphatic rings. The molecule has 8 heteroatoms. The molecule has 0 spiro atoms. The molecule has 1 saturated carbocycles. The normalized spacial score (nSPS) is 23.8. The van der Waals surface area contributed by atoms with Crippen LogP contribution in [0.3, 0.4) is 0 Å². The molecule has 2 aromatic heterocycles. The minimum Gasteiger partial charge on any atom is -0.380 e. The Bertz CT molecular complexity index is 744. The van der Waals surface area contributed by atoms with Crippen LogP contribution in [0, 0.1) is 0 Å². The van der Waals surface area contributed by atoms with E-state index < -0.39 is 0 Å². The summed E-state index contributed by atoms with van der Waals surface area (Å²) in [6.07, 6.45) is 9.09. The minimum absolute atomic E-state index is 0.0941. The van der Waals surface area contributed by atoms with Crippen LogP contribution < -0.4 is 10.2 Å². The molecule has 2 aromatic rings. The molecule has 1 saturated heterocycles. The first-order chi connectivity index (χ1) is 13.1. The Hall–Kier alpha value is -2.19. The largest absolute Gasteiger partial charge is 0.380 e. The summed E-state index contributed by atoms with van der Waals surface area (Å²) in [4.78, 5) is 13.5. The predicted molar refractivity (Wildman–Crippen MR) is 105 cm³/mol. The first kappa shape index (κ1) is 18.2. The summed E-state index contributed by atoms with van der Waals surface area (Å²) in [5, 5.41) is 7.92. The van der Waals surface area contributed by atoms with Gasteiger partial charge < -0.3 is 19.9 Å². The van der Waals surface area contributed by atoms with Gasteiger partial charge in [0.2, 0.25) is 0 Å². The maximum Gasteiger partial charge on any atom is 0.134 e. The van der Waals surface area contributed by atoms with E-state index in [1.54, 1.807) is 13.4 Å². The molecule has 3 heterocycles. The Labute approximate surface area is 160 Å². The maximum atomic E-state index is 5.62. The van der Waals surface area contributed by atoms with E-state index in [2.05, 4.69) is 55.0 Å². The number of methoxy groups -OCH3 is 1. The topological polar surface area (TPSA) is 71.3 Å². The van der Waals surface area contributed by atoms with E-state index in [4.69, 9.17) is 4.74 Å². The van der Waals surface area contributed by atoms with Crippen molar-refractivity contribution in [3.63, 3.8) is 0 Å². The molecule has 0 radical (unpaired) electrons. The second-order valence-corrected chi connectivity index (χ2v) is 7.95. The fraction of sp³-hybridized carbons (Fsp3) is 0.632. The van der Waals surface area contributed by atoms with Crippen molar-refractivity contribution >= 4 is 11.6 Å². The van der Waals surface area contributed by atoms with Gasteiger partial charge in [-0.2, -0.15) is 5.10 Å². The number of hydrogen-bond acceptors (Lipinski definition) is 7. The highest BCUT2D eigenvalue weighted by Crippen LogP contribution is 2.42. The monoisotopic (exact) mass is 371 g/mol. The van der Waals surface area contributed by atoms with Gasteiger partial charge in [-0.15, -0.1) is 0 Å². The van der Waals surface area contributed by atoms with E-state index >= 15 is 0 Å². The Kier molecular flexibility index (Phi) is 5.01. The van der Waals surface area contributed by atoms with Crippen molar-refractivity contribution < 1.29 is 4.74 Å². The van der Waals surface area contributed by atoms with E-state index in [1.165, 1.54) is 0 Å². The lowest BCUT2D eigenvalue weighted by molar-refractivity contribution is 0.117. The van der Waals surface area contributed by atoms with Crippen LogP contribution in [-0.4, -0.2) is 77.6 Å². The smallest absolute Gasteiger partial charge is 0.134 e. The average molecular weight is 371 g/mol. The van der Waals surface area contributed by atoms with E-state index in [-0.39, 0.29) is 11.6 Å². The van der Waals surface area contributed by atoms with Crippen LogP contribution in [0.15, 0.2) is 30.9 Å². The van der Waals surface area contributed by atoms with Crippen molar-refractivity contribution in [1.29, 1.82) is 0 Å². The lowest BCUT2D eigenvalue weighted by atomic mass is 10.2. The molecule has 1 aliphatic carbocycles. The van der Waals surface area contributed by atoms with Crippen molar-refractivity contribution in [2.75, 3.05) is 51.1 Å². The fourth-order valence-corrected chi connectivity index (χ4v) is 3.96. The number of hydrogen-bond donors (Lipinski definition) is 1. The third-order valence-electron chi connectivity index (χ3n) is 5.65. The highest BCUT2D eigenvalue weighted by Gasteiger charge is 2.45. The summed E-state index contributed by atoms with van der Waals surface area (Å²) in [6, 6.07) is 4.43. The Morgan fingerprint density at radius 3 is 2.85 bits per heavy atom. The van der Waals surface area contributed by atoms with Crippen molar-refractivity contribution in [1.82, 2.24) is 24.6 Å². The molecule has 1 N–H and O–H groups in total. The summed E-state index contributed by atoms with van der Waals surface area (Å²) in [7, 11) is 6.00. The molecule has 4 rings (SSSR count). The molecular formula is C19H29N7O. The van der Waals surface area contributed by atoms with Crippen LogP contribution in [0.2, 0.25) is 0 Å².